The predicted octanol–water partition coefficient (Wildman–Crippen LogP) is 2.99. The molecule has 0 saturated carbocycles. The van der Waals surface area contributed by atoms with Gasteiger partial charge in [-0.15, -0.1) is 0 Å². The maximum Gasteiger partial charge on any atom is 0.255 e. The van der Waals surface area contributed by atoms with Gasteiger partial charge in [-0.05, 0) is 40.1 Å². The number of fused-ring (bicyclic) bond motifs is 1. The van der Waals surface area contributed by atoms with E-state index in [0.717, 1.165) is 18.7 Å². The smallest absolute Gasteiger partial charge is 0.255 e. The molecule has 3 rings (SSSR count). The van der Waals surface area contributed by atoms with E-state index < -0.39 is 5.91 Å². The zero-order valence-corrected chi connectivity index (χ0v) is 13.4. The number of benzene rings is 3. The molecule has 122 valence electrons. The monoisotopic (exact) mass is 320 g/mol. The van der Waals surface area contributed by atoms with E-state index in [1.54, 1.807) is 0 Å². The second-order valence-electron chi connectivity index (χ2n) is 5.68. The van der Waals surface area contributed by atoms with Gasteiger partial charge in [-0.1, -0.05) is 48.5 Å². The number of nitrogens with two attached hydrogens (primary N) is 1. The van der Waals surface area contributed by atoms with Gasteiger partial charge in [0.25, 0.3) is 5.91 Å². The lowest BCUT2D eigenvalue weighted by Gasteiger charge is -2.08. The van der Waals surface area contributed by atoms with Crippen LogP contribution in [0.4, 0.5) is 0 Å². The predicted molar refractivity (Wildman–Crippen MR) is 95.6 cm³/mol. The molecule has 0 aliphatic heterocycles. The molecule has 0 saturated heterocycles. The largest absolute Gasteiger partial charge is 0.484 e. The molecule has 4 nitrogen and oxygen atoms in total. The number of hydrogen-bond acceptors (Lipinski definition) is 3. The number of amides is 1. The first-order valence-corrected chi connectivity index (χ1v) is 7.89. The van der Waals surface area contributed by atoms with Crippen molar-refractivity contribution in [2.24, 2.45) is 5.73 Å². The van der Waals surface area contributed by atoms with Crippen LogP contribution in [0.2, 0.25) is 0 Å². The Kier molecular flexibility index (Phi) is 5.08. The van der Waals surface area contributed by atoms with Gasteiger partial charge in [0.05, 0.1) is 0 Å². The van der Waals surface area contributed by atoms with Gasteiger partial charge in [0.1, 0.15) is 5.75 Å². The van der Waals surface area contributed by atoms with Gasteiger partial charge in [0, 0.05) is 13.1 Å². The SMILES string of the molecule is NC(=O)COc1ccc(CNCc2ccc3ccccc3c2)cc1. The van der Waals surface area contributed by atoms with Crippen LogP contribution in [0.5, 0.6) is 5.75 Å². The molecule has 0 fully saturated rings. The van der Waals surface area contributed by atoms with Crippen molar-refractivity contribution in [3.05, 3.63) is 77.9 Å². The molecule has 24 heavy (non-hydrogen) atoms. The van der Waals surface area contributed by atoms with Crippen molar-refractivity contribution >= 4 is 16.7 Å². The standard InChI is InChI=1S/C20H20N2O2/c21-20(23)14-24-19-9-6-15(7-10-19)12-22-13-16-5-8-17-3-1-2-4-18(17)11-16/h1-11,22H,12-14H2,(H2,21,23). The molecule has 0 atom stereocenters. The summed E-state index contributed by atoms with van der Waals surface area (Å²) in [6, 6.07) is 22.5. The van der Waals surface area contributed by atoms with Crippen LogP contribution in [-0.2, 0) is 17.9 Å². The van der Waals surface area contributed by atoms with Crippen molar-refractivity contribution in [2.45, 2.75) is 13.1 Å². The molecule has 3 N–H and O–H groups in total. The molecule has 0 bridgehead atoms. The lowest BCUT2D eigenvalue weighted by Crippen LogP contribution is -2.20. The third kappa shape index (κ3) is 4.33. The Hall–Kier alpha value is -2.85. The summed E-state index contributed by atoms with van der Waals surface area (Å²) in [5.41, 5.74) is 7.47. The van der Waals surface area contributed by atoms with E-state index in [1.807, 2.05) is 24.3 Å². The summed E-state index contributed by atoms with van der Waals surface area (Å²) in [6.07, 6.45) is 0. The van der Waals surface area contributed by atoms with Gasteiger partial charge in [-0.25, -0.2) is 0 Å². The molecule has 3 aromatic carbocycles. The fourth-order valence-electron chi connectivity index (χ4n) is 2.56. The summed E-state index contributed by atoms with van der Waals surface area (Å²) < 4.78 is 5.24. The zero-order valence-electron chi connectivity index (χ0n) is 13.4. The summed E-state index contributed by atoms with van der Waals surface area (Å²) in [5, 5.41) is 5.95. The van der Waals surface area contributed by atoms with E-state index in [-0.39, 0.29) is 6.61 Å². The fourth-order valence-corrected chi connectivity index (χ4v) is 2.56. The van der Waals surface area contributed by atoms with Crippen molar-refractivity contribution in [1.29, 1.82) is 0 Å². The van der Waals surface area contributed by atoms with Crippen molar-refractivity contribution in [1.82, 2.24) is 5.32 Å². The molecular formula is C20H20N2O2. The number of ether oxygens (including phenoxy) is 1. The van der Waals surface area contributed by atoms with E-state index >= 15 is 0 Å². The highest BCUT2D eigenvalue weighted by Gasteiger charge is 2.00. The average molecular weight is 320 g/mol. The topological polar surface area (TPSA) is 64.4 Å². The van der Waals surface area contributed by atoms with Gasteiger partial charge in [0.15, 0.2) is 6.61 Å². The normalized spacial score (nSPS) is 10.7. The molecule has 0 heterocycles. The molecule has 3 aromatic rings. The van der Waals surface area contributed by atoms with Crippen LogP contribution < -0.4 is 15.8 Å². The Morgan fingerprint density at radius 3 is 2.29 bits per heavy atom. The second-order valence-corrected chi connectivity index (χ2v) is 5.68. The number of rotatable bonds is 7. The Bertz CT molecular complexity index is 828. The van der Waals surface area contributed by atoms with Crippen molar-refractivity contribution < 1.29 is 9.53 Å². The van der Waals surface area contributed by atoms with Gasteiger partial charge < -0.3 is 15.8 Å². The number of primary amides is 1. The molecule has 0 radical (unpaired) electrons. The second kappa shape index (κ2) is 7.62. The Balaban J connectivity index is 1.52. The first kappa shape index (κ1) is 16.0. The quantitative estimate of drug-likeness (QED) is 0.703. The Labute approximate surface area is 141 Å². The van der Waals surface area contributed by atoms with Crippen molar-refractivity contribution in [3.8, 4) is 5.75 Å². The Morgan fingerprint density at radius 2 is 1.54 bits per heavy atom. The molecule has 0 aromatic heterocycles. The van der Waals surface area contributed by atoms with Crippen LogP contribution in [0.25, 0.3) is 10.8 Å². The van der Waals surface area contributed by atoms with Gasteiger partial charge in [-0.3, -0.25) is 4.79 Å². The highest BCUT2D eigenvalue weighted by Crippen LogP contribution is 2.16. The summed E-state index contributed by atoms with van der Waals surface area (Å²) in [6.45, 7) is 1.48. The minimum atomic E-state index is -0.476. The molecule has 4 heteroatoms. The highest BCUT2D eigenvalue weighted by molar-refractivity contribution is 5.82. The minimum Gasteiger partial charge on any atom is -0.484 e. The van der Waals surface area contributed by atoms with Gasteiger partial charge >= 0.3 is 0 Å². The number of carbonyl (C=O) groups excluding carboxylic acids is 1. The van der Waals surface area contributed by atoms with Crippen molar-refractivity contribution in [2.75, 3.05) is 6.61 Å². The number of nitrogens with one attached hydrogen (secondary N) is 1. The summed E-state index contributed by atoms with van der Waals surface area (Å²) in [5.74, 6) is 0.170. The maximum absolute atomic E-state index is 10.7. The van der Waals surface area contributed by atoms with Crippen LogP contribution >= 0.6 is 0 Å². The number of carbonyl (C=O) groups is 1. The highest BCUT2D eigenvalue weighted by atomic mass is 16.5. The third-order valence-electron chi connectivity index (χ3n) is 3.78. The Morgan fingerprint density at radius 1 is 0.875 bits per heavy atom. The van der Waals surface area contributed by atoms with E-state index in [4.69, 9.17) is 10.5 Å². The van der Waals surface area contributed by atoms with E-state index in [0.29, 0.717) is 5.75 Å². The number of hydrogen-bond donors (Lipinski definition) is 2. The van der Waals surface area contributed by atoms with Crippen LogP contribution in [0, 0.1) is 0 Å². The molecule has 1 amide bonds. The van der Waals surface area contributed by atoms with Crippen LogP contribution in [0.3, 0.4) is 0 Å². The van der Waals surface area contributed by atoms with Crippen LogP contribution in [-0.4, -0.2) is 12.5 Å². The minimum absolute atomic E-state index is 0.0977. The summed E-state index contributed by atoms with van der Waals surface area (Å²) >= 11 is 0. The maximum atomic E-state index is 10.7. The van der Waals surface area contributed by atoms with Crippen LogP contribution in [0.1, 0.15) is 11.1 Å². The molecule has 0 aliphatic carbocycles. The average Bonchev–Trinajstić information content (AvgIpc) is 2.61. The molecule has 0 aliphatic rings. The third-order valence-corrected chi connectivity index (χ3v) is 3.78. The lowest BCUT2D eigenvalue weighted by molar-refractivity contribution is -0.119. The summed E-state index contributed by atoms with van der Waals surface area (Å²) in [4.78, 5) is 10.7. The van der Waals surface area contributed by atoms with E-state index in [1.165, 1.54) is 16.3 Å². The first-order valence-electron chi connectivity index (χ1n) is 7.89. The first-order chi connectivity index (χ1) is 11.7. The molecule has 0 spiro atoms. The zero-order chi connectivity index (χ0) is 16.8. The van der Waals surface area contributed by atoms with E-state index in [2.05, 4.69) is 47.8 Å². The van der Waals surface area contributed by atoms with Crippen molar-refractivity contribution in [3.63, 3.8) is 0 Å². The fraction of sp³-hybridized carbons (Fsp3) is 0.150. The van der Waals surface area contributed by atoms with Gasteiger partial charge in [-0.2, -0.15) is 0 Å². The molecule has 0 unspecified atom stereocenters. The van der Waals surface area contributed by atoms with Gasteiger partial charge in [0.2, 0.25) is 0 Å². The molecular weight excluding hydrogens is 300 g/mol. The van der Waals surface area contributed by atoms with E-state index in [9.17, 15) is 4.79 Å². The lowest BCUT2D eigenvalue weighted by atomic mass is 10.1. The van der Waals surface area contributed by atoms with Crippen LogP contribution in [0.15, 0.2) is 66.7 Å². The summed E-state index contributed by atoms with van der Waals surface area (Å²) in [7, 11) is 0.